The molecule has 31 heavy (non-hydrogen) atoms. The van der Waals surface area contributed by atoms with Crippen molar-refractivity contribution in [2.24, 2.45) is 4.99 Å². The highest BCUT2D eigenvalue weighted by Crippen LogP contribution is 2.46. The number of carbonyl (C=O) groups excluding carboxylic acids is 1. The molecule has 1 unspecified atom stereocenters. The predicted octanol–water partition coefficient (Wildman–Crippen LogP) is 4.94. The summed E-state index contributed by atoms with van der Waals surface area (Å²) < 4.78 is 54.2. The van der Waals surface area contributed by atoms with Gasteiger partial charge in [0.1, 0.15) is 18.1 Å². The van der Waals surface area contributed by atoms with E-state index in [1.54, 1.807) is 0 Å². The average Bonchev–Trinajstić information content (AvgIpc) is 2.98. The monoisotopic (exact) mass is 514 g/mol. The number of carbonyl (C=O) groups is 1. The zero-order valence-corrected chi connectivity index (χ0v) is 17.9. The number of ketones is 1. The summed E-state index contributed by atoms with van der Waals surface area (Å²) in [6, 6.07) is 6.57. The van der Waals surface area contributed by atoms with E-state index in [2.05, 4.69) is 20.9 Å². The molecule has 0 spiro atoms. The number of benzene rings is 2. The molecule has 1 atom stereocenters. The Hall–Kier alpha value is -2.64. The highest BCUT2D eigenvalue weighted by atomic mass is 79.9. The van der Waals surface area contributed by atoms with Crippen LogP contribution in [0.25, 0.3) is 0 Å². The molecule has 0 N–H and O–H groups in total. The van der Waals surface area contributed by atoms with Crippen molar-refractivity contribution in [2.75, 3.05) is 29.4 Å². The Bertz CT molecular complexity index is 1170. The number of alkyl halides is 3. The van der Waals surface area contributed by atoms with Crippen LogP contribution in [0.15, 0.2) is 33.7 Å². The predicted molar refractivity (Wildman–Crippen MR) is 112 cm³/mol. The molecule has 11 heteroatoms. The molecular formula is C20H12BrClF4N4O. The summed E-state index contributed by atoms with van der Waals surface area (Å²) in [6.45, 7) is -1.11. The van der Waals surface area contributed by atoms with Crippen LogP contribution in [0.3, 0.4) is 0 Å². The van der Waals surface area contributed by atoms with Gasteiger partial charge in [-0.2, -0.15) is 5.26 Å². The molecular weight excluding hydrogens is 504 g/mol. The SMILES string of the molecule is N#Cc1c(C(=O)c2ccc(F)cc2Cl)c(Br)cc2c1N1CC(F)CN=C1N2CC(F)F. The quantitative estimate of drug-likeness (QED) is 0.427. The van der Waals surface area contributed by atoms with E-state index < -0.39 is 30.7 Å². The topological polar surface area (TPSA) is 59.7 Å². The van der Waals surface area contributed by atoms with Crippen LogP contribution in [-0.4, -0.2) is 44.0 Å². The first kappa shape index (κ1) is 21.6. The number of fused-ring (bicyclic) bond motifs is 3. The van der Waals surface area contributed by atoms with E-state index in [0.29, 0.717) is 0 Å². The molecule has 2 heterocycles. The molecule has 0 aliphatic carbocycles. The van der Waals surface area contributed by atoms with Crippen LogP contribution in [0.1, 0.15) is 21.5 Å². The van der Waals surface area contributed by atoms with Gasteiger partial charge in [0.15, 0.2) is 5.78 Å². The first-order valence-corrected chi connectivity index (χ1v) is 10.2. The lowest BCUT2D eigenvalue weighted by Crippen LogP contribution is -2.47. The second kappa shape index (κ2) is 8.13. The van der Waals surface area contributed by atoms with Crippen LogP contribution in [0.2, 0.25) is 5.02 Å². The van der Waals surface area contributed by atoms with Crippen LogP contribution in [-0.2, 0) is 0 Å². The van der Waals surface area contributed by atoms with Gasteiger partial charge in [0, 0.05) is 10.0 Å². The summed E-state index contributed by atoms with van der Waals surface area (Å²) in [4.78, 5) is 19.8. The lowest BCUT2D eigenvalue weighted by Gasteiger charge is -2.28. The molecule has 0 amide bonds. The Morgan fingerprint density at radius 3 is 2.77 bits per heavy atom. The fourth-order valence-electron chi connectivity index (χ4n) is 3.70. The van der Waals surface area contributed by atoms with Crippen LogP contribution in [0, 0.1) is 17.1 Å². The highest BCUT2D eigenvalue weighted by Gasteiger charge is 2.41. The Labute approximate surface area is 187 Å². The third-order valence-corrected chi connectivity index (χ3v) is 5.86. The molecule has 0 bridgehead atoms. The van der Waals surface area contributed by atoms with E-state index in [1.807, 2.05) is 6.07 Å². The summed E-state index contributed by atoms with van der Waals surface area (Å²) in [5.74, 6) is -1.21. The van der Waals surface area contributed by atoms with Crippen molar-refractivity contribution < 1.29 is 22.4 Å². The van der Waals surface area contributed by atoms with E-state index in [9.17, 15) is 27.6 Å². The minimum atomic E-state index is -2.72. The van der Waals surface area contributed by atoms with E-state index in [1.165, 1.54) is 21.9 Å². The number of rotatable bonds is 4. The number of halogens is 6. The van der Waals surface area contributed by atoms with Gasteiger partial charge < -0.3 is 9.80 Å². The second-order valence-electron chi connectivity index (χ2n) is 6.89. The van der Waals surface area contributed by atoms with Crippen molar-refractivity contribution >= 4 is 50.6 Å². The highest BCUT2D eigenvalue weighted by molar-refractivity contribution is 9.10. The lowest BCUT2D eigenvalue weighted by molar-refractivity contribution is 0.103. The summed E-state index contributed by atoms with van der Waals surface area (Å²) in [7, 11) is 0. The smallest absolute Gasteiger partial charge is 0.256 e. The third kappa shape index (κ3) is 3.66. The summed E-state index contributed by atoms with van der Waals surface area (Å²) in [6.07, 6.45) is -4.09. The Morgan fingerprint density at radius 1 is 1.39 bits per heavy atom. The normalized spacial score (nSPS) is 17.4. The number of guanidine groups is 1. The van der Waals surface area contributed by atoms with Crippen LogP contribution >= 0.6 is 27.5 Å². The standard InChI is InChI=1S/C20H12BrClF4N4O/c21-13-4-15-18(30-7-10(24)6-28-20(30)29(15)8-16(25)26)12(5-27)17(13)19(31)11-2-1-9(23)3-14(11)22/h1-4,10,16H,6-8H2. The fraction of sp³-hybridized carbons (Fsp3) is 0.250. The summed E-state index contributed by atoms with van der Waals surface area (Å²) in [5, 5.41) is 9.75. The summed E-state index contributed by atoms with van der Waals surface area (Å²) >= 11 is 9.27. The van der Waals surface area contributed by atoms with Crippen molar-refractivity contribution in [3.05, 3.63) is 56.3 Å². The molecule has 0 fully saturated rings. The fourth-order valence-corrected chi connectivity index (χ4v) is 4.54. The molecule has 0 radical (unpaired) electrons. The van der Waals surface area contributed by atoms with Crippen LogP contribution in [0.5, 0.6) is 0 Å². The number of hydrogen-bond donors (Lipinski definition) is 0. The molecule has 2 aromatic rings. The zero-order valence-electron chi connectivity index (χ0n) is 15.6. The maximum Gasteiger partial charge on any atom is 0.256 e. The Kier molecular flexibility index (Phi) is 5.66. The van der Waals surface area contributed by atoms with E-state index in [0.717, 1.165) is 12.1 Å². The molecule has 0 aromatic heterocycles. The average molecular weight is 516 g/mol. The minimum absolute atomic E-state index is 0.0430. The molecule has 0 saturated carbocycles. The molecule has 160 valence electrons. The molecule has 4 rings (SSSR count). The minimum Gasteiger partial charge on any atom is -0.306 e. The van der Waals surface area contributed by atoms with Crippen molar-refractivity contribution in [3.8, 4) is 6.07 Å². The summed E-state index contributed by atoms with van der Waals surface area (Å²) in [5.41, 5.74) is 0.0493. The van der Waals surface area contributed by atoms with Crippen molar-refractivity contribution in [1.82, 2.24) is 0 Å². The van der Waals surface area contributed by atoms with Crippen LogP contribution in [0.4, 0.5) is 28.9 Å². The van der Waals surface area contributed by atoms with Gasteiger partial charge in [-0.25, -0.2) is 22.6 Å². The maximum absolute atomic E-state index is 14.1. The van der Waals surface area contributed by atoms with E-state index in [4.69, 9.17) is 11.6 Å². The molecule has 5 nitrogen and oxygen atoms in total. The van der Waals surface area contributed by atoms with E-state index in [-0.39, 0.29) is 56.6 Å². The number of nitrogens with zero attached hydrogens (tertiary/aromatic N) is 4. The van der Waals surface area contributed by atoms with Gasteiger partial charge >= 0.3 is 0 Å². The second-order valence-corrected chi connectivity index (χ2v) is 8.15. The zero-order chi connectivity index (χ0) is 22.4. The van der Waals surface area contributed by atoms with Crippen molar-refractivity contribution in [3.63, 3.8) is 0 Å². The number of anilines is 2. The van der Waals surface area contributed by atoms with Gasteiger partial charge in [0.25, 0.3) is 6.43 Å². The van der Waals surface area contributed by atoms with Gasteiger partial charge in [-0.3, -0.25) is 4.79 Å². The van der Waals surface area contributed by atoms with Crippen LogP contribution < -0.4 is 9.80 Å². The molecule has 0 saturated heterocycles. The van der Waals surface area contributed by atoms with Gasteiger partial charge in [0.2, 0.25) is 5.96 Å². The van der Waals surface area contributed by atoms with Gasteiger partial charge in [-0.1, -0.05) is 11.6 Å². The molecule has 2 aliphatic heterocycles. The first-order chi connectivity index (χ1) is 14.7. The first-order valence-electron chi connectivity index (χ1n) is 9.01. The van der Waals surface area contributed by atoms with Crippen molar-refractivity contribution in [1.29, 1.82) is 5.26 Å². The van der Waals surface area contributed by atoms with E-state index >= 15 is 0 Å². The Morgan fingerprint density at radius 2 is 2.13 bits per heavy atom. The van der Waals surface area contributed by atoms with Gasteiger partial charge in [-0.05, 0) is 40.2 Å². The maximum atomic E-state index is 14.1. The van der Waals surface area contributed by atoms with Crippen molar-refractivity contribution in [2.45, 2.75) is 12.6 Å². The number of nitriles is 1. The largest absolute Gasteiger partial charge is 0.306 e. The van der Waals surface area contributed by atoms with Gasteiger partial charge in [0.05, 0.1) is 47.2 Å². The van der Waals surface area contributed by atoms with Gasteiger partial charge in [-0.15, -0.1) is 0 Å². The Balaban J connectivity index is 1.93. The number of aliphatic imine (C=N–C) groups is 1. The third-order valence-electron chi connectivity index (χ3n) is 4.92. The molecule has 2 aliphatic rings. The molecule has 2 aromatic carbocycles. The number of hydrogen-bond acceptors (Lipinski definition) is 5. The lowest BCUT2D eigenvalue weighted by atomic mass is 9.96.